The van der Waals surface area contributed by atoms with Crippen LogP contribution >= 0.6 is 0 Å². The Morgan fingerprint density at radius 3 is 2.65 bits per heavy atom. The predicted octanol–water partition coefficient (Wildman–Crippen LogP) is 1.54. The Balaban J connectivity index is 1.75. The second kappa shape index (κ2) is 7.40. The first-order valence-electron chi connectivity index (χ1n) is 7.74. The first kappa shape index (κ1) is 17.7. The van der Waals surface area contributed by atoms with Crippen LogP contribution < -0.4 is 14.8 Å². The molecule has 8 nitrogen and oxygen atoms in total. The normalized spacial score (nSPS) is 13.5. The molecule has 1 aromatic carbocycles. The summed E-state index contributed by atoms with van der Waals surface area (Å²) < 4.78 is 32.1. The van der Waals surface area contributed by atoms with E-state index in [1.807, 2.05) is 6.07 Å². The molecule has 0 amide bonds. The Morgan fingerprint density at radius 1 is 1.31 bits per heavy atom. The van der Waals surface area contributed by atoms with Gasteiger partial charge in [0.15, 0.2) is 6.61 Å². The van der Waals surface area contributed by atoms with Crippen LogP contribution in [0.1, 0.15) is 18.4 Å². The van der Waals surface area contributed by atoms with Crippen molar-refractivity contribution >= 4 is 21.7 Å². The number of terminal acetylenes is 1. The Labute approximate surface area is 151 Å². The number of nitrogens with one attached hydrogen (secondary N) is 2. The predicted molar refractivity (Wildman–Crippen MR) is 94.1 cm³/mol. The summed E-state index contributed by atoms with van der Waals surface area (Å²) in [5, 5.41) is 12.0. The van der Waals surface area contributed by atoms with E-state index in [4.69, 9.17) is 16.4 Å². The van der Waals surface area contributed by atoms with Crippen molar-refractivity contribution in [3.8, 4) is 24.3 Å². The van der Waals surface area contributed by atoms with E-state index >= 15 is 0 Å². The number of nitrogens with zero attached hydrogens (tertiary/aromatic N) is 3. The molecule has 0 unspecified atom stereocenters. The largest absolute Gasteiger partial charge is 0.463 e. The molecule has 26 heavy (non-hydrogen) atoms. The summed E-state index contributed by atoms with van der Waals surface area (Å²) in [4.78, 5) is 8.32. The zero-order valence-corrected chi connectivity index (χ0v) is 14.5. The smallest absolute Gasteiger partial charge is 0.240 e. The van der Waals surface area contributed by atoms with Crippen molar-refractivity contribution in [2.75, 3.05) is 11.9 Å². The van der Waals surface area contributed by atoms with Gasteiger partial charge in [-0.15, -0.1) is 6.42 Å². The Kier molecular flexibility index (Phi) is 5.03. The highest BCUT2D eigenvalue weighted by Gasteiger charge is 2.27. The number of aromatic nitrogens is 2. The number of sulfonamides is 1. The zero-order valence-electron chi connectivity index (χ0n) is 13.6. The third-order valence-corrected chi connectivity index (χ3v) is 5.02. The molecule has 1 fully saturated rings. The molecule has 0 spiro atoms. The van der Waals surface area contributed by atoms with E-state index in [2.05, 4.69) is 25.9 Å². The fraction of sp³-hybridized carbons (Fsp3) is 0.235. The minimum absolute atomic E-state index is 0.0221. The lowest BCUT2D eigenvalue weighted by molar-refractivity contribution is 0.354. The lowest BCUT2D eigenvalue weighted by Gasteiger charge is -2.09. The van der Waals surface area contributed by atoms with Crippen molar-refractivity contribution in [1.82, 2.24) is 14.7 Å². The van der Waals surface area contributed by atoms with E-state index in [9.17, 15) is 8.42 Å². The minimum Gasteiger partial charge on any atom is -0.463 e. The van der Waals surface area contributed by atoms with E-state index in [1.165, 1.54) is 18.3 Å². The van der Waals surface area contributed by atoms with Gasteiger partial charge in [-0.2, -0.15) is 10.2 Å². The fourth-order valence-electron chi connectivity index (χ4n) is 2.06. The van der Waals surface area contributed by atoms with E-state index in [0.717, 1.165) is 12.8 Å². The van der Waals surface area contributed by atoms with Gasteiger partial charge >= 0.3 is 0 Å². The number of anilines is 2. The Bertz CT molecular complexity index is 987. The maximum atomic E-state index is 12.1. The van der Waals surface area contributed by atoms with E-state index < -0.39 is 10.0 Å². The quantitative estimate of drug-likeness (QED) is 0.711. The number of nitriles is 1. The Hall–Kier alpha value is -3.14. The molecular formula is C17H15N5O3S. The summed E-state index contributed by atoms with van der Waals surface area (Å²) >= 11 is 0. The van der Waals surface area contributed by atoms with Gasteiger partial charge in [0.05, 0.1) is 11.1 Å². The van der Waals surface area contributed by atoms with Crippen LogP contribution in [0, 0.1) is 23.7 Å². The third-order valence-electron chi connectivity index (χ3n) is 3.49. The van der Waals surface area contributed by atoms with Gasteiger partial charge < -0.3 is 10.1 Å². The topological polar surface area (TPSA) is 117 Å². The molecule has 1 aromatic heterocycles. The number of rotatable bonds is 7. The zero-order chi connectivity index (χ0) is 18.6. The number of hydrogen-bond donors (Lipinski definition) is 2. The number of hydrogen-bond acceptors (Lipinski definition) is 7. The number of ether oxygens (including phenoxy) is 1. The first-order chi connectivity index (χ1) is 12.5. The molecule has 132 valence electrons. The summed E-state index contributed by atoms with van der Waals surface area (Å²) in [6, 6.07) is 8.16. The van der Waals surface area contributed by atoms with Crippen LogP contribution in [0.25, 0.3) is 0 Å². The second-order valence-electron chi connectivity index (χ2n) is 5.56. The highest BCUT2D eigenvalue weighted by atomic mass is 32.2. The summed E-state index contributed by atoms with van der Waals surface area (Å²) in [6.07, 6.45) is 8.21. The van der Waals surface area contributed by atoms with Gasteiger partial charge in [0.2, 0.25) is 21.9 Å². The molecule has 0 radical (unpaired) electrons. The molecule has 3 rings (SSSR count). The molecule has 2 N–H and O–H groups in total. The van der Waals surface area contributed by atoms with Crippen molar-refractivity contribution in [3.63, 3.8) is 0 Å². The van der Waals surface area contributed by atoms with Crippen LogP contribution in [-0.2, 0) is 10.0 Å². The number of benzene rings is 1. The van der Waals surface area contributed by atoms with Gasteiger partial charge in [-0.3, -0.25) is 0 Å². The summed E-state index contributed by atoms with van der Waals surface area (Å²) in [5.41, 5.74) is 0.751. The average molecular weight is 369 g/mol. The highest BCUT2D eigenvalue weighted by molar-refractivity contribution is 7.89. The lowest BCUT2D eigenvalue weighted by Crippen LogP contribution is -2.25. The summed E-state index contributed by atoms with van der Waals surface area (Å²) in [6.45, 7) is -0.0221. The van der Waals surface area contributed by atoms with Crippen LogP contribution in [0.3, 0.4) is 0 Å². The molecule has 1 aliphatic carbocycles. The van der Waals surface area contributed by atoms with Crippen molar-refractivity contribution in [2.45, 2.75) is 23.8 Å². The standard InChI is InChI=1S/C17H15N5O3S/c1-2-9-25-16-12(10-18)11-19-17(21-16)20-13-5-7-15(8-6-13)26(23,24)22-14-3-4-14/h1,5-8,11,14,22H,3-4,9H2,(H,19,20,21). The van der Waals surface area contributed by atoms with Crippen LogP contribution in [0.5, 0.6) is 5.88 Å². The van der Waals surface area contributed by atoms with Crippen LogP contribution in [0.15, 0.2) is 35.4 Å². The van der Waals surface area contributed by atoms with Crippen molar-refractivity contribution in [1.29, 1.82) is 5.26 Å². The molecule has 9 heteroatoms. The molecule has 0 saturated heterocycles. The SMILES string of the molecule is C#CCOc1nc(Nc2ccc(S(=O)(=O)NC3CC3)cc2)ncc1C#N. The molecule has 1 aliphatic rings. The lowest BCUT2D eigenvalue weighted by atomic mass is 10.3. The van der Waals surface area contributed by atoms with Crippen LogP contribution in [0.4, 0.5) is 11.6 Å². The summed E-state index contributed by atoms with van der Waals surface area (Å²) in [7, 11) is -3.50. The van der Waals surface area contributed by atoms with Crippen LogP contribution in [0.2, 0.25) is 0 Å². The van der Waals surface area contributed by atoms with Gasteiger partial charge in [-0.1, -0.05) is 5.92 Å². The summed E-state index contributed by atoms with van der Waals surface area (Å²) in [5.74, 6) is 2.58. The maximum Gasteiger partial charge on any atom is 0.240 e. The highest BCUT2D eigenvalue weighted by Crippen LogP contribution is 2.24. The third kappa shape index (κ3) is 4.28. The maximum absolute atomic E-state index is 12.1. The van der Waals surface area contributed by atoms with E-state index in [-0.39, 0.29) is 34.9 Å². The van der Waals surface area contributed by atoms with Gasteiger partial charge in [-0.05, 0) is 37.1 Å². The van der Waals surface area contributed by atoms with E-state index in [0.29, 0.717) is 5.69 Å². The van der Waals surface area contributed by atoms with Gasteiger partial charge in [0.25, 0.3) is 0 Å². The molecule has 2 aromatic rings. The average Bonchev–Trinajstić information content (AvgIpc) is 3.44. The van der Waals surface area contributed by atoms with Gasteiger partial charge in [-0.25, -0.2) is 18.1 Å². The molecule has 0 bridgehead atoms. The fourth-order valence-corrected chi connectivity index (χ4v) is 3.36. The second-order valence-corrected chi connectivity index (χ2v) is 7.28. The monoisotopic (exact) mass is 369 g/mol. The van der Waals surface area contributed by atoms with Crippen LogP contribution in [-0.4, -0.2) is 31.0 Å². The molecule has 1 saturated carbocycles. The van der Waals surface area contributed by atoms with E-state index in [1.54, 1.807) is 12.1 Å². The molecular weight excluding hydrogens is 354 g/mol. The van der Waals surface area contributed by atoms with Crippen molar-refractivity contribution in [2.24, 2.45) is 0 Å². The van der Waals surface area contributed by atoms with Gasteiger partial charge in [0.1, 0.15) is 11.6 Å². The molecule has 0 atom stereocenters. The molecule has 0 aliphatic heterocycles. The molecule has 1 heterocycles. The Morgan fingerprint density at radius 2 is 2.04 bits per heavy atom. The van der Waals surface area contributed by atoms with Gasteiger partial charge in [0, 0.05) is 11.7 Å². The first-order valence-corrected chi connectivity index (χ1v) is 9.23. The minimum atomic E-state index is -3.50. The van der Waals surface area contributed by atoms with Crippen molar-refractivity contribution in [3.05, 3.63) is 36.0 Å². The van der Waals surface area contributed by atoms with Crippen molar-refractivity contribution < 1.29 is 13.2 Å².